The number of carbonyl (C=O) groups excluding carboxylic acids is 3. The molecule has 0 atom stereocenters. The smallest absolute Gasteiger partial charge is 0.335 e. The summed E-state index contributed by atoms with van der Waals surface area (Å²) in [5, 5.41) is 19.8. The number of aromatic nitrogens is 7. The summed E-state index contributed by atoms with van der Waals surface area (Å²) in [6.45, 7) is 14.2. The van der Waals surface area contributed by atoms with E-state index in [1.165, 1.54) is 24.3 Å². The topological polar surface area (TPSA) is 237 Å². The van der Waals surface area contributed by atoms with Crippen molar-refractivity contribution in [2.75, 3.05) is 23.8 Å². The molecule has 292 valence electrons. The molecule has 0 fully saturated rings. The molecule has 6 rings (SSSR count). The predicted molar refractivity (Wildman–Crippen MR) is 206 cm³/mol. The number of aryl methyl sites for hydroxylation is 5. The van der Waals surface area contributed by atoms with E-state index in [-0.39, 0.29) is 60.0 Å². The Balaban J connectivity index is 1.24. The van der Waals surface area contributed by atoms with Crippen LogP contribution in [0.15, 0.2) is 47.4 Å². The maximum absolute atomic E-state index is 13.3. The van der Waals surface area contributed by atoms with E-state index < -0.39 is 23.7 Å². The number of carboxylic acid groups (broad SMARTS) is 1. The molecule has 0 bridgehead atoms. The second kappa shape index (κ2) is 16.2. The number of amides is 3. The van der Waals surface area contributed by atoms with Crippen LogP contribution in [0.4, 0.5) is 11.9 Å². The average molecular weight is 767 g/mol. The van der Waals surface area contributed by atoms with E-state index >= 15 is 0 Å². The van der Waals surface area contributed by atoms with Crippen LogP contribution < -0.4 is 25.8 Å². The van der Waals surface area contributed by atoms with Crippen molar-refractivity contribution in [1.82, 2.24) is 33.9 Å². The molecule has 0 aliphatic heterocycles. The van der Waals surface area contributed by atoms with E-state index in [9.17, 15) is 24.3 Å². The van der Waals surface area contributed by atoms with Gasteiger partial charge in [0.05, 0.1) is 41.2 Å². The number of primary amides is 1. The second-order valence-electron chi connectivity index (χ2n) is 12.7. The number of aromatic carboxylic acids is 1. The number of nitrogens with two attached hydrogens (primary N) is 1. The summed E-state index contributed by atoms with van der Waals surface area (Å²) in [6.07, 6.45) is 2.42. The molecule has 3 amide bonds. The van der Waals surface area contributed by atoms with Gasteiger partial charge in [0.2, 0.25) is 23.6 Å². The van der Waals surface area contributed by atoms with Crippen LogP contribution in [0.1, 0.15) is 86.2 Å². The van der Waals surface area contributed by atoms with Gasteiger partial charge in [-0.25, -0.2) is 19.7 Å². The van der Waals surface area contributed by atoms with Gasteiger partial charge in [0, 0.05) is 38.5 Å². The van der Waals surface area contributed by atoms with Crippen LogP contribution in [0, 0.1) is 13.8 Å². The number of hydrogen-bond acceptors (Lipinski definition) is 11. The van der Waals surface area contributed by atoms with Crippen LogP contribution in [0.25, 0.3) is 22.1 Å². The number of oxazole rings is 1. The first kappa shape index (κ1) is 38.7. The molecule has 0 aliphatic rings. The first-order chi connectivity index (χ1) is 26.9. The van der Waals surface area contributed by atoms with E-state index in [0.717, 1.165) is 0 Å². The van der Waals surface area contributed by atoms with E-state index in [4.69, 9.17) is 19.6 Å². The van der Waals surface area contributed by atoms with Crippen molar-refractivity contribution >= 4 is 57.7 Å². The lowest BCUT2D eigenvalue weighted by molar-refractivity contribution is 0.0695. The summed E-state index contributed by atoms with van der Waals surface area (Å²) < 4.78 is 22.9. The molecule has 0 saturated carbocycles. The first-order valence-electron chi connectivity index (χ1n) is 18.0. The number of anilines is 2. The number of hydrogen-bond donors (Lipinski definition) is 4. The third-order valence-corrected chi connectivity index (χ3v) is 8.81. The molecule has 18 heteroatoms. The molecule has 0 unspecified atom stereocenters. The highest BCUT2D eigenvalue weighted by atomic mass is 16.5. The molecule has 18 nitrogen and oxygen atoms in total. The molecular weight excluding hydrogens is 724 g/mol. The Labute approximate surface area is 320 Å². The van der Waals surface area contributed by atoms with Gasteiger partial charge in [-0.05, 0) is 57.5 Å². The third kappa shape index (κ3) is 7.66. The van der Waals surface area contributed by atoms with Gasteiger partial charge in [0.25, 0.3) is 11.8 Å². The molecular formula is C38H42N10O8. The quantitative estimate of drug-likeness (QED) is 0.0699. The minimum absolute atomic E-state index is 0.0459. The van der Waals surface area contributed by atoms with Crippen LogP contribution in [-0.4, -0.2) is 75.9 Å². The molecule has 5 N–H and O–H groups in total. The third-order valence-electron chi connectivity index (χ3n) is 8.81. The number of ether oxygens (including phenoxy) is 2. The molecule has 0 aliphatic carbocycles. The van der Waals surface area contributed by atoms with Gasteiger partial charge in [0.1, 0.15) is 28.2 Å². The van der Waals surface area contributed by atoms with Crippen LogP contribution in [0.3, 0.4) is 0 Å². The Kier molecular flexibility index (Phi) is 11.2. The summed E-state index contributed by atoms with van der Waals surface area (Å²) in [5.74, 6) is -1.51. The van der Waals surface area contributed by atoms with Crippen LogP contribution >= 0.6 is 0 Å². The number of carboxylic acids is 1. The van der Waals surface area contributed by atoms with Crippen LogP contribution in [0.5, 0.6) is 11.5 Å². The van der Waals surface area contributed by atoms with E-state index in [0.29, 0.717) is 71.0 Å². The van der Waals surface area contributed by atoms with Gasteiger partial charge >= 0.3 is 5.97 Å². The minimum Gasteiger partial charge on any atom is -0.491 e. The zero-order valence-electron chi connectivity index (χ0n) is 31.6. The zero-order valence-corrected chi connectivity index (χ0v) is 31.6. The molecule has 2 aromatic carbocycles. The second-order valence-corrected chi connectivity index (χ2v) is 12.7. The molecule has 4 aromatic heterocycles. The number of rotatable bonds is 17. The van der Waals surface area contributed by atoms with Gasteiger partial charge in [-0.3, -0.25) is 29.7 Å². The van der Waals surface area contributed by atoms with Crippen molar-refractivity contribution in [2.45, 2.75) is 67.1 Å². The monoisotopic (exact) mass is 766 g/mol. The molecule has 0 spiro atoms. The molecule has 4 heterocycles. The maximum atomic E-state index is 13.3. The number of allylic oxidation sites excluding steroid dienone is 1. The Morgan fingerprint density at radius 1 is 0.857 bits per heavy atom. The maximum Gasteiger partial charge on any atom is 0.335 e. The lowest BCUT2D eigenvalue weighted by atomic mass is 10.1. The van der Waals surface area contributed by atoms with Gasteiger partial charge in [0.15, 0.2) is 5.89 Å². The van der Waals surface area contributed by atoms with Gasteiger partial charge < -0.3 is 33.9 Å². The lowest BCUT2D eigenvalue weighted by Crippen LogP contribution is -2.19. The highest BCUT2D eigenvalue weighted by molar-refractivity contribution is 6.05. The Hall–Kier alpha value is -6.98. The first-order valence-corrected chi connectivity index (χ1v) is 18.0. The van der Waals surface area contributed by atoms with Crippen molar-refractivity contribution in [3.05, 3.63) is 82.8 Å². The number of carbonyl (C=O) groups is 4. The highest BCUT2D eigenvalue weighted by Gasteiger charge is 2.24. The highest BCUT2D eigenvalue weighted by Crippen LogP contribution is 2.33. The average Bonchev–Trinajstić information content (AvgIpc) is 3.93. The number of benzene rings is 2. The van der Waals surface area contributed by atoms with Crippen LogP contribution in [-0.2, 0) is 26.1 Å². The van der Waals surface area contributed by atoms with Gasteiger partial charge in [-0.1, -0.05) is 13.0 Å². The Bertz CT molecular complexity index is 2510. The lowest BCUT2D eigenvalue weighted by Gasteiger charge is -2.14. The van der Waals surface area contributed by atoms with Crippen molar-refractivity contribution in [3.8, 4) is 11.5 Å². The summed E-state index contributed by atoms with van der Waals surface area (Å²) >= 11 is 0. The fourth-order valence-corrected chi connectivity index (χ4v) is 6.36. The van der Waals surface area contributed by atoms with Crippen molar-refractivity contribution < 1.29 is 38.2 Å². The number of nitrogens with zero attached hydrogens (tertiary/aromatic N) is 7. The molecule has 0 radical (unpaired) electrons. The Morgan fingerprint density at radius 3 is 2.05 bits per heavy atom. The molecule has 0 saturated heterocycles. The van der Waals surface area contributed by atoms with Gasteiger partial charge in [-0.2, -0.15) is 5.10 Å². The van der Waals surface area contributed by atoms with Gasteiger partial charge in [-0.15, -0.1) is 6.58 Å². The van der Waals surface area contributed by atoms with Crippen LogP contribution in [0.2, 0.25) is 0 Å². The van der Waals surface area contributed by atoms with Crippen molar-refractivity contribution in [1.29, 1.82) is 0 Å². The fourth-order valence-electron chi connectivity index (χ4n) is 6.36. The standard InChI is InChI=1S/C38H42N10O8/c1-7-12-47-31-25(42-38(47)44-35(51)32-24(8-2)40-21(6)56-32)16-22(33(39)49)18-28(31)54-13-11-14-55-29-19-23(36(52)53)17-26-30(29)46(9-3)37(41-26)43-34(50)27-15-20(5)45-48(27)10-4/h7,15-19H,1,8-14H2,2-6H3,(H2,39,49)(H,52,53)(H,41,43,50)(H,42,44,51). The normalized spacial score (nSPS) is 11.2. The predicted octanol–water partition coefficient (Wildman–Crippen LogP) is 5.13. The zero-order chi connectivity index (χ0) is 40.3. The summed E-state index contributed by atoms with van der Waals surface area (Å²) in [5.41, 5.74) is 8.94. The molecule has 6 aromatic rings. The molecule has 56 heavy (non-hydrogen) atoms. The number of fused-ring (bicyclic) bond motifs is 2. The summed E-state index contributed by atoms with van der Waals surface area (Å²) in [6, 6.07) is 7.52. The Morgan fingerprint density at radius 2 is 1.46 bits per heavy atom. The van der Waals surface area contributed by atoms with E-state index in [1.807, 2.05) is 20.8 Å². The van der Waals surface area contributed by atoms with E-state index in [2.05, 4.69) is 37.3 Å². The number of nitrogens with one attached hydrogen (secondary N) is 2. The van der Waals surface area contributed by atoms with E-state index in [1.54, 1.807) is 39.8 Å². The van der Waals surface area contributed by atoms with Crippen molar-refractivity contribution in [2.24, 2.45) is 5.73 Å². The number of imidazole rings is 2. The SMILES string of the molecule is C=CCn1c(NC(=O)c2oc(C)nc2CC)nc2cc(C(N)=O)cc(OCCCOc3cc(C(=O)O)cc4nc(NC(=O)c5cc(C)nn5CC)n(CC)c34)c21. The minimum atomic E-state index is -1.18. The fraction of sp³-hybridized carbons (Fsp3) is 0.316. The summed E-state index contributed by atoms with van der Waals surface area (Å²) in [4.78, 5) is 64.4. The van der Waals surface area contributed by atoms with Crippen molar-refractivity contribution in [3.63, 3.8) is 0 Å². The largest absolute Gasteiger partial charge is 0.491 e. The summed E-state index contributed by atoms with van der Waals surface area (Å²) in [7, 11) is 0.